The fourth-order valence-corrected chi connectivity index (χ4v) is 5.38. The highest BCUT2D eigenvalue weighted by molar-refractivity contribution is 7.92. The standard InChI is InChI=1S/C16H32O3S/c1-3-5-7-9-15(10-8-6-4-2)20(17,18)16-11-13-19-14-12-16/h15-16H,3-14H2,1-2H3. The molecule has 0 amide bonds. The van der Waals surface area contributed by atoms with Gasteiger partial charge in [-0.05, 0) is 25.7 Å². The van der Waals surface area contributed by atoms with Gasteiger partial charge in [0.05, 0.1) is 10.5 Å². The molecule has 20 heavy (non-hydrogen) atoms. The van der Waals surface area contributed by atoms with Crippen LogP contribution in [0.25, 0.3) is 0 Å². The molecule has 0 aromatic heterocycles. The Hall–Kier alpha value is -0.0900. The van der Waals surface area contributed by atoms with E-state index in [1.54, 1.807) is 0 Å². The van der Waals surface area contributed by atoms with Crippen LogP contribution in [0, 0.1) is 0 Å². The van der Waals surface area contributed by atoms with Crippen molar-refractivity contribution in [3.8, 4) is 0 Å². The Labute approximate surface area is 125 Å². The van der Waals surface area contributed by atoms with Crippen molar-refractivity contribution in [3.05, 3.63) is 0 Å². The van der Waals surface area contributed by atoms with Crippen LogP contribution in [0.5, 0.6) is 0 Å². The molecule has 0 spiro atoms. The van der Waals surface area contributed by atoms with E-state index < -0.39 is 9.84 Å². The summed E-state index contributed by atoms with van der Waals surface area (Å²) in [7, 11) is -2.97. The monoisotopic (exact) mass is 304 g/mol. The second kappa shape index (κ2) is 9.78. The summed E-state index contributed by atoms with van der Waals surface area (Å²) in [5.41, 5.74) is 0. The Morgan fingerprint density at radius 3 is 1.90 bits per heavy atom. The molecule has 0 aromatic rings. The zero-order valence-electron chi connectivity index (χ0n) is 13.3. The first-order valence-corrected chi connectivity index (χ1v) is 10.0. The molecule has 0 aromatic carbocycles. The van der Waals surface area contributed by atoms with Gasteiger partial charge in [0.2, 0.25) is 0 Å². The molecule has 0 N–H and O–H groups in total. The van der Waals surface area contributed by atoms with Crippen molar-refractivity contribution in [1.82, 2.24) is 0 Å². The SMILES string of the molecule is CCCCCC(CCCCC)S(=O)(=O)C1CCOCC1. The van der Waals surface area contributed by atoms with E-state index in [2.05, 4.69) is 13.8 Å². The molecule has 3 nitrogen and oxygen atoms in total. The van der Waals surface area contributed by atoms with Crippen LogP contribution in [0.1, 0.15) is 78.1 Å². The Kier molecular flexibility index (Phi) is 8.78. The fraction of sp³-hybridized carbons (Fsp3) is 1.00. The van der Waals surface area contributed by atoms with Crippen molar-refractivity contribution >= 4 is 9.84 Å². The fourth-order valence-electron chi connectivity index (χ4n) is 2.99. The lowest BCUT2D eigenvalue weighted by molar-refractivity contribution is 0.0981. The maximum Gasteiger partial charge on any atom is 0.156 e. The highest BCUT2D eigenvalue weighted by Crippen LogP contribution is 2.26. The van der Waals surface area contributed by atoms with Crippen LogP contribution < -0.4 is 0 Å². The predicted molar refractivity (Wildman–Crippen MR) is 84.8 cm³/mol. The third-order valence-corrected chi connectivity index (χ3v) is 7.16. The second-order valence-electron chi connectivity index (χ2n) is 6.01. The zero-order valence-corrected chi connectivity index (χ0v) is 14.1. The molecular formula is C16H32O3S. The minimum atomic E-state index is -2.97. The first-order valence-electron chi connectivity index (χ1n) is 8.43. The molecule has 0 aliphatic carbocycles. The van der Waals surface area contributed by atoms with Gasteiger partial charge in [-0.2, -0.15) is 0 Å². The molecule has 1 aliphatic rings. The van der Waals surface area contributed by atoms with Crippen molar-refractivity contribution in [2.45, 2.75) is 88.6 Å². The average molecular weight is 304 g/mol. The minimum absolute atomic E-state index is 0.108. The molecule has 1 fully saturated rings. The van der Waals surface area contributed by atoms with Gasteiger partial charge < -0.3 is 4.74 Å². The van der Waals surface area contributed by atoms with Crippen molar-refractivity contribution in [2.75, 3.05) is 13.2 Å². The highest BCUT2D eigenvalue weighted by Gasteiger charge is 2.34. The Balaban J connectivity index is 2.61. The number of unbranched alkanes of at least 4 members (excludes halogenated alkanes) is 4. The van der Waals surface area contributed by atoms with Gasteiger partial charge in [0, 0.05) is 13.2 Å². The molecule has 0 unspecified atom stereocenters. The molecule has 4 heteroatoms. The quantitative estimate of drug-likeness (QED) is 0.570. The number of ether oxygens (including phenoxy) is 1. The molecule has 1 saturated heterocycles. The largest absolute Gasteiger partial charge is 0.381 e. The van der Waals surface area contributed by atoms with Gasteiger partial charge in [0.25, 0.3) is 0 Å². The minimum Gasteiger partial charge on any atom is -0.381 e. The summed E-state index contributed by atoms with van der Waals surface area (Å²) in [6.45, 7) is 5.55. The van der Waals surface area contributed by atoms with Crippen molar-refractivity contribution < 1.29 is 13.2 Å². The molecule has 1 rings (SSSR count). The van der Waals surface area contributed by atoms with Gasteiger partial charge in [0.1, 0.15) is 0 Å². The third-order valence-electron chi connectivity index (χ3n) is 4.36. The molecule has 120 valence electrons. The van der Waals surface area contributed by atoms with Crippen LogP contribution in [-0.4, -0.2) is 32.1 Å². The Bertz CT molecular complexity index is 322. The maximum absolute atomic E-state index is 12.8. The van der Waals surface area contributed by atoms with Crippen LogP contribution >= 0.6 is 0 Å². The molecule has 1 heterocycles. The van der Waals surface area contributed by atoms with Gasteiger partial charge in [-0.25, -0.2) is 8.42 Å². The molecule has 0 bridgehead atoms. The topological polar surface area (TPSA) is 43.4 Å². The van der Waals surface area contributed by atoms with E-state index >= 15 is 0 Å². The number of rotatable bonds is 10. The Morgan fingerprint density at radius 2 is 1.45 bits per heavy atom. The van der Waals surface area contributed by atoms with Gasteiger partial charge in [-0.15, -0.1) is 0 Å². The van der Waals surface area contributed by atoms with E-state index in [4.69, 9.17) is 4.74 Å². The predicted octanol–water partition coefficient (Wildman–Crippen LogP) is 4.11. The summed E-state index contributed by atoms with van der Waals surface area (Å²) >= 11 is 0. The van der Waals surface area contributed by atoms with Crippen molar-refractivity contribution in [3.63, 3.8) is 0 Å². The summed E-state index contributed by atoms with van der Waals surface area (Å²) in [6.07, 6.45) is 9.81. The first-order chi connectivity index (χ1) is 9.62. The smallest absolute Gasteiger partial charge is 0.156 e. The van der Waals surface area contributed by atoms with Gasteiger partial charge in [-0.1, -0.05) is 52.4 Å². The van der Waals surface area contributed by atoms with E-state index in [0.29, 0.717) is 26.1 Å². The van der Waals surface area contributed by atoms with E-state index in [0.717, 1.165) is 51.4 Å². The summed E-state index contributed by atoms with van der Waals surface area (Å²) in [4.78, 5) is 0. The van der Waals surface area contributed by atoms with E-state index in [1.165, 1.54) is 0 Å². The summed E-state index contributed by atoms with van der Waals surface area (Å²) in [5.74, 6) is 0. The van der Waals surface area contributed by atoms with Crippen LogP contribution in [0.4, 0.5) is 0 Å². The van der Waals surface area contributed by atoms with Crippen molar-refractivity contribution in [1.29, 1.82) is 0 Å². The number of sulfone groups is 1. The van der Waals surface area contributed by atoms with Crippen LogP contribution in [0.3, 0.4) is 0 Å². The van der Waals surface area contributed by atoms with E-state index in [-0.39, 0.29) is 10.5 Å². The third kappa shape index (κ3) is 5.72. The highest BCUT2D eigenvalue weighted by atomic mass is 32.2. The van der Waals surface area contributed by atoms with E-state index in [9.17, 15) is 8.42 Å². The van der Waals surface area contributed by atoms with Gasteiger partial charge in [0.15, 0.2) is 9.84 Å². The number of hydrogen-bond acceptors (Lipinski definition) is 3. The molecule has 0 saturated carbocycles. The lowest BCUT2D eigenvalue weighted by Gasteiger charge is -2.27. The molecule has 0 atom stereocenters. The summed E-state index contributed by atoms with van der Waals surface area (Å²) in [5, 5.41) is -0.256. The zero-order chi connectivity index (χ0) is 14.8. The molecule has 0 radical (unpaired) electrons. The maximum atomic E-state index is 12.8. The lowest BCUT2D eigenvalue weighted by Crippen LogP contribution is -2.36. The van der Waals surface area contributed by atoms with Gasteiger partial charge in [-0.3, -0.25) is 0 Å². The van der Waals surface area contributed by atoms with Gasteiger partial charge >= 0.3 is 0 Å². The average Bonchev–Trinajstić information content (AvgIpc) is 2.47. The second-order valence-corrected chi connectivity index (χ2v) is 8.53. The molecular weight excluding hydrogens is 272 g/mol. The van der Waals surface area contributed by atoms with Crippen molar-refractivity contribution in [2.24, 2.45) is 0 Å². The summed E-state index contributed by atoms with van der Waals surface area (Å²) < 4.78 is 30.9. The van der Waals surface area contributed by atoms with Crippen LogP contribution in [-0.2, 0) is 14.6 Å². The first kappa shape index (κ1) is 18.0. The summed E-state index contributed by atoms with van der Waals surface area (Å²) in [6, 6.07) is 0. The van der Waals surface area contributed by atoms with Crippen LogP contribution in [0.2, 0.25) is 0 Å². The number of hydrogen-bond donors (Lipinski definition) is 0. The molecule has 1 aliphatic heterocycles. The Morgan fingerprint density at radius 1 is 0.950 bits per heavy atom. The lowest BCUT2D eigenvalue weighted by atomic mass is 10.1. The normalized spacial score (nSPS) is 17.8. The van der Waals surface area contributed by atoms with E-state index in [1.807, 2.05) is 0 Å². The van der Waals surface area contributed by atoms with Crippen LogP contribution in [0.15, 0.2) is 0 Å².